The average Bonchev–Trinajstić information content (AvgIpc) is 2.55. The summed E-state index contributed by atoms with van der Waals surface area (Å²) in [5.74, 6) is 0. The SMILES string of the molecule is Clc1cc2cccc3c4cccc5cccc(c(c1Cl)c23)c54. The lowest BCUT2D eigenvalue weighted by Crippen LogP contribution is -1.88. The second-order valence-electron chi connectivity index (χ2n) is 5.66. The summed E-state index contributed by atoms with van der Waals surface area (Å²) in [4.78, 5) is 0. The molecule has 0 atom stereocenters. The zero-order chi connectivity index (χ0) is 14.8. The van der Waals surface area contributed by atoms with Crippen LogP contribution in [0.25, 0.3) is 43.1 Å². The normalized spacial score (nSPS) is 12.1. The van der Waals surface area contributed by atoms with E-state index in [9.17, 15) is 0 Å². The third-order valence-corrected chi connectivity index (χ3v) is 5.31. The van der Waals surface area contributed by atoms with Gasteiger partial charge in [-0.25, -0.2) is 0 Å². The number of halogens is 2. The summed E-state index contributed by atoms with van der Waals surface area (Å²) in [6.07, 6.45) is 0. The Hall–Kier alpha value is -2.02. The summed E-state index contributed by atoms with van der Waals surface area (Å²) in [6, 6.07) is 21.1. The quantitative estimate of drug-likeness (QED) is 0.212. The van der Waals surface area contributed by atoms with Crippen LogP contribution in [0.5, 0.6) is 0 Å². The van der Waals surface area contributed by atoms with Crippen LogP contribution in [0.4, 0.5) is 0 Å². The largest absolute Gasteiger partial charge is 0.0827 e. The van der Waals surface area contributed by atoms with Crippen LogP contribution in [0.1, 0.15) is 0 Å². The van der Waals surface area contributed by atoms with Crippen LogP contribution in [0.2, 0.25) is 10.0 Å². The van der Waals surface area contributed by atoms with Gasteiger partial charge in [-0.15, -0.1) is 0 Å². The van der Waals surface area contributed by atoms with Crippen molar-refractivity contribution in [2.75, 3.05) is 0 Å². The van der Waals surface area contributed by atoms with Gasteiger partial charge in [-0.1, -0.05) is 77.8 Å². The van der Waals surface area contributed by atoms with Crippen molar-refractivity contribution >= 4 is 66.3 Å². The van der Waals surface area contributed by atoms with Gasteiger partial charge in [0, 0.05) is 5.39 Å². The molecule has 5 aromatic rings. The first-order valence-electron chi connectivity index (χ1n) is 7.19. The van der Waals surface area contributed by atoms with Crippen molar-refractivity contribution in [2.24, 2.45) is 0 Å². The minimum absolute atomic E-state index is 0.609. The van der Waals surface area contributed by atoms with Gasteiger partial charge in [0.05, 0.1) is 10.0 Å². The zero-order valence-corrected chi connectivity index (χ0v) is 13.0. The van der Waals surface area contributed by atoms with Gasteiger partial charge in [-0.3, -0.25) is 0 Å². The fraction of sp³-hybridized carbons (Fsp3) is 0. The van der Waals surface area contributed by atoms with Crippen LogP contribution in [-0.4, -0.2) is 0 Å². The van der Waals surface area contributed by atoms with E-state index in [1.54, 1.807) is 0 Å². The van der Waals surface area contributed by atoms with Crippen molar-refractivity contribution in [3.05, 3.63) is 70.7 Å². The molecule has 22 heavy (non-hydrogen) atoms. The maximum atomic E-state index is 6.60. The minimum atomic E-state index is 0.609. The van der Waals surface area contributed by atoms with Crippen molar-refractivity contribution in [1.29, 1.82) is 0 Å². The van der Waals surface area contributed by atoms with Crippen molar-refractivity contribution in [3.8, 4) is 0 Å². The van der Waals surface area contributed by atoms with Crippen molar-refractivity contribution < 1.29 is 0 Å². The predicted octanol–water partition coefficient (Wildman–Crippen LogP) is 7.04. The molecule has 0 fully saturated rings. The van der Waals surface area contributed by atoms with Gasteiger partial charge in [0.2, 0.25) is 0 Å². The van der Waals surface area contributed by atoms with E-state index in [4.69, 9.17) is 23.2 Å². The third kappa shape index (κ3) is 1.44. The predicted molar refractivity (Wildman–Crippen MR) is 97.7 cm³/mol. The molecule has 0 bridgehead atoms. The number of hydrogen-bond donors (Lipinski definition) is 0. The van der Waals surface area contributed by atoms with Gasteiger partial charge in [0.25, 0.3) is 0 Å². The standard InChI is InChI=1S/C20H10Cl2/c21-16-10-12-6-3-8-14-13-7-1-4-11-5-2-9-15(17(11)13)19(18(12)14)20(16)22/h1-10H. The Balaban J connectivity index is 2.31. The molecule has 5 rings (SSSR count). The summed E-state index contributed by atoms with van der Waals surface area (Å²) in [7, 11) is 0. The molecule has 5 aromatic carbocycles. The first-order chi connectivity index (χ1) is 10.8. The maximum Gasteiger partial charge on any atom is 0.0677 e. The molecule has 0 unspecified atom stereocenters. The van der Waals surface area contributed by atoms with Crippen LogP contribution in [0.3, 0.4) is 0 Å². The van der Waals surface area contributed by atoms with Crippen LogP contribution < -0.4 is 0 Å². The van der Waals surface area contributed by atoms with Gasteiger partial charge in [0.15, 0.2) is 0 Å². The smallest absolute Gasteiger partial charge is 0.0677 e. The zero-order valence-electron chi connectivity index (χ0n) is 11.5. The van der Waals surface area contributed by atoms with E-state index in [2.05, 4.69) is 54.6 Å². The highest BCUT2D eigenvalue weighted by atomic mass is 35.5. The molecule has 0 aromatic heterocycles. The molecule has 0 aliphatic heterocycles. The lowest BCUT2D eigenvalue weighted by atomic mass is 9.90. The molecule has 0 radical (unpaired) electrons. The van der Waals surface area contributed by atoms with Crippen LogP contribution in [0.15, 0.2) is 60.7 Å². The van der Waals surface area contributed by atoms with Gasteiger partial charge in [0.1, 0.15) is 0 Å². The van der Waals surface area contributed by atoms with Gasteiger partial charge in [-0.05, 0) is 43.8 Å². The number of fused-ring (bicyclic) bond motifs is 2. The molecule has 0 saturated carbocycles. The molecule has 0 aliphatic carbocycles. The summed E-state index contributed by atoms with van der Waals surface area (Å²) in [5, 5.41) is 10.8. The van der Waals surface area contributed by atoms with E-state index in [1.165, 1.54) is 32.3 Å². The lowest BCUT2D eigenvalue weighted by molar-refractivity contribution is 1.78. The van der Waals surface area contributed by atoms with Crippen LogP contribution in [0, 0.1) is 0 Å². The highest BCUT2D eigenvalue weighted by Crippen LogP contribution is 2.44. The van der Waals surface area contributed by atoms with E-state index in [-0.39, 0.29) is 0 Å². The molecule has 0 aliphatic rings. The highest BCUT2D eigenvalue weighted by Gasteiger charge is 2.16. The molecule has 0 amide bonds. The van der Waals surface area contributed by atoms with E-state index in [0.717, 1.165) is 10.8 Å². The van der Waals surface area contributed by atoms with Crippen LogP contribution in [-0.2, 0) is 0 Å². The Morgan fingerprint density at radius 1 is 0.545 bits per heavy atom. The molecule has 0 heterocycles. The van der Waals surface area contributed by atoms with E-state index in [1.807, 2.05) is 6.07 Å². The summed E-state index contributed by atoms with van der Waals surface area (Å²) in [5.41, 5.74) is 0. The van der Waals surface area contributed by atoms with Gasteiger partial charge >= 0.3 is 0 Å². The van der Waals surface area contributed by atoms with E-state index in [0.29, 0.717) is 10.0 Å². The molecule has 0 nitrogen and oxygen atoms in total. The first kappa shape index (κ1) is 12.5. The molecular formula is C20H10Cl2. The number of hydrogen-bond acceptors (Lipinski definition) is 0. The minimum Gasteiger partial charge on any atom is -0.0827 e. The van der Waals surface area contributed by atoms with Crippen molar-refractivity contribution in [1.82, 2.24) is 0 Å². The Kier molecular flexibility index (Phi) is 2.42. The van der Waals surface area contributed by atoms with Gasteiger partial charge < -0.3 is 0 Å². The third-order valence-electron chi connectivity index (χ3n) is 4.52. The monoisotopic (exact) mass is 320 g/mol. The number of rotatable bonds is 0. The van der Waals surface area contributed by atoms with Crippen molar-refractivity contribution in [3.63, 3.8) is 0 Å². The molecule has 0 N–H and O–H groups in total. The van der Waals surface area contributed by atoms with E-state index < -0.39 is 0 Å². The Morgan fingerprint density at radius 2 is 1.14 bits per heavy atom. The second kappa shape index (κ2) is 4.25. The second-order valence-corrected chi connectivity index (χ2v) is 6.45. The molecular weight excluding hydrogens is 311 g/mol. The lowest BCUT2D eigenvalue weighted by Gasteiger charge is -2.15. The average molecular weight is 321 g/mol. The maximum absolute atomic E-state index is 6.60. The van der Waals surface area contributed by atoms with Crippen LogP contribution >= 0.6 is 23.2 Å². The molecule has 104 valence electrons. The fourth-order valence-electron chi connectivity index (χ4n) is 3.65. The van der Waals surface area contributed by atoms with Crippen molar-refractivity contribution in [2.45, 2.75) is 0 Å². The first-order valence-corrected chi connectivity index (χ1v) is 7.94. The number of benzene rings is 5. The summed E-state index contributed by atoms with van der Waals surface area (Å²) >= 11 is 13.0. The fourth-order valence-corrected chi connectivity index (χ4v) is 4.11. The Morgan fingerprint density at radius 3 is 1.86 bits per heavy atom. The Bertz CT molecular complexity index is 1180. The Labute approximate surface area is 137 Å². The molecule has 0 spiro atoms. The van der Waals surface area contributed by atoms with E-state index >= 15 is 0 Å². The molecule has 2 heteroatoms. The topological polar surface area (TPSA) is 0 Å². The van der Waals surface area contributed by atoms with Gasteiger partial charge in [-0.2, -0.15) is 0 Å². The summed E-state index contributed by atoms with van der Waals surface area (Å²) in [6.45, 7) is 0. The molecule has 0 saturated heterocycles. The summed E-state index contributed by atoms with van der Waals surface area (Å²) < 4.78 is 0. The highest BCUT2D eigenvalue weighted by molar-refractivity contribution is 6.49.